The fourth-order valence-electron chi connectivity index (χ4n) is 1.63. The zero-order chi connectivity index (χ0) is 15.2. The van der Waals surface area contributed by atoms with Crippen LogP contribution in [0.4, 0.5) is 5.69 Å². The maximum atomic E-state index is 11.0. The molecule has 3 aromatic rings. The van der Waals surface area contributed by atoms with Gasteiger partial charge in [-0.3, -0.25) is 4.79 Å². The van der Waals surface area contributed by atoms with Gasteiger partial charge in [-0.2, -0.15) is 0 Å². The van der Waals surface area contributed by atoms with E-state index in [2.05, 4.69) is 15.4 Å². The number of aromatic carboxylic acids is 1. The third-order valence-electron chi connectivity index (χ3n) is 2.65. The minimum absolute atomic E-state index is 0.155. The topological polar surface area (TPSA) is 122 Å². The van der Waals surface area contributed by atoms with Crippen molar-refractivity contribution in [2.75, 3.05) is 5.73 Å². The summed E-state index contributed by atoms with van der Waals surface area (Å²) in [6.07, 6.45) is 0. The summed E-state index contributed by atoms with van der Waals surface area (Å²) in [6.45, 7) is 0. The number of hydrogen-bond acceptors (Lipinski definition) is 5. The molecule has 0 unspecified atom stereocenters. The lowest BCUT2D eigenvalue weighted by Gasteiger charge is -1.96. The van der Waals surface area contributed by atoms with Crippen LogP contribution in [0.25, 0.3) is 10.9 Å². The summed E-state index contributed by atoms with van der Waals surface area (Å²) >= 11 is 0. The van der Waals surface area contributed by atoms with E-state index in [1.165, 1.54) is 6.07 Å². The Balaban J connectivity index is 0.000000155. The van der Waals surface area contributed by atoms with Crippen LogP contribution in [0.5, 0.6) is 0 Å². The summed E-state index contributed by atoms with van der Waals surface area (Å²) in [4.78, 5) is 21.4. The number of carboxylic acid groups (broad SMARTS) is 1. The summed E-state index contributed by atoms with van der Waals surface area (Å²) in [5.74, 6) is -0.988. The quantitative estimate of drug-likeness (QED) is 0.579. The van der Waals surface area contributed by atoms with Crippen LogP contribution in [0.15, 0.2) is 53.3 Å². The number of para-hydroxylation sites is 1. The average Bonchev–Trinajstić information content (AvgIpc) is 2.49. The van der Waals surface area contributed by atoms with Crippen molar-refractivity contribution in [2.45, 2.75) is 0 Å². The average molecular weight is 284 g/mol. The number of carbonyl (C=O) groups is 1. The molecule has 21 heavy (non-hydrogen) atoms. The second-order valence-electron chi connectivity index (χ2n) is 4.05. The number of H-pyrrole nitrogens is 1. The van der Waals surface area contributed by atoms with Crippen molar-refractivity contribution >= 4 is 22.6 Å². The highest BCUT2D eigenvalue weighted by molar-refractivity contribution is 5.93. The summed E-state index contributed by atoms with van der Waals surface area (Å²) in [6, 6.07) is 13.4. The Morgan fingerprint density at radius 1 is 1.10 bits per heavy atom. The van der Waals surface area contributed by atoms with Crippen LogP contribution in [-0.4, -0.2) is 26.5 Å². The van der Waals surface area contributed by atoms with Gasteiger partial charge in [-0.1, -0.05) is 29.5 Å². The zero-order valence-corrected chi connectivity index (χ0v) is 10.9. The number of aromatic nitrogens is 3. The van der Waals surface area contributed by atoms with Crippen LogP contribution in [0, 0.1) is 0 Å². The van der Waals surface area contributed by atoms with Crippen molar-refractivity contribution in [2.24, 2.45) is 0 Å². The van der Waals surface area contributed by atoms with Gasteiger partial charge < -0.3 is 10.8 Å². The molecule has 0 radical (unpaired) electrons. The fourth-order valence-corrected chi connectivity index (χ4v) is 1.63. The predicted molar refractivity (Wildman–Crippen MR) is 78.0 cm³/mol. The Kier molecular flexibility index (Phi) is 4.25. The SMILES string of the molecule is Nc1ccccc1C(=O)O.O=c1[nH]nnc2ccccc12. The largest absolute Gasteiger partial charge is 0.478 e. The van der Waals surface area contributed by atoms with Gasteiger partial charge >= 0.3 is 5.97 Å². The van der Waals surface area contributed by atoms with E-state index in [4.69, 9.17) is 10.8 Å². The number of hydrogen-bond donors (Lipinski definition) is 3. The zero-order valence-electron chi connectivity index (χ0n) is 10.9. The van der Waals surface area contributed by atoms with E-state index in [1.54, 1.807) is 36.4 Å². The lowest BCUT2D eigenvalue weighted by Crippen LogP contribution is -2.09. The molecule has 0 aliphatic rings. The molecule has 0 saturated heterocycles. The van der Waals surface area contributed by atoms with Crippen LogP contribution in [0.2, 0.25) is 0 Å². The maximum Gasteiger partial charge on any atom is 0.337 e. The monoisotopic (exact) mass is 284 g/mol. The Bertz CT molecular complexity index is 824. The van der Waals surface area contributed by atoms with Crippen LogP contribution in [0.3, 0.4) is 0 Å². The van der Waals surface area contributed by atoms with Crippen LogP contribution >= 0.6 is 0 Å². The van der Waals surface area contributed by atoms with Crippen molar-refractivity contribution < 1.29 is 9.90 Å². The van der Waals surface area contributed by atoms with E-state index >= 15 is 0 Å². The first-order valence-electron chi connectivity index (χ1n) is 5.97. The molecule has 0 aliphatic heterocycles. The second-order valence-corrected chi connectivity index (χ2v) is 4.05. The molecule has 0 aliphatic carbocycles. The number of nitrogens with one attached hydrogen (secondary N) is 1. The third-order valence-corrected chi connectivity index (χ3v) is 2.65. The molecule has 0 saturated carbocycles. The van der Waals surface area contributed by atoms with Crippen LogP contribution in [-0.2, 0) is 0 Å². The standard InChI is InChI=1S/C7H5N3O.C7H7NO2/c11-7-5-3-1-2-4-6(5)8-10-9-7;8-6-4-2-1-3-5(6)7(9)10/h1-4H,(H,8,9,11);1-4H,8H2,(H,9,10). The molecule has 1 aromatic heterocycles. The molecule has 4 N–H and O–H groups in total. The van der Waals surface area contributed by atoms with Crippen LogP contribution < -0.4 is 11.3 Å². The van der Waals surface area contributed by atoms with Gasteiger partial charge in [0, 0.05) is 5.69 Å². The van der Waals surface area contributed by atoms with Gasteiger partial charge in [0.2, 0.25) is 0 Å². The van der Waals surface area contributed by atoms with Crippen molar-refractivity contribution in [3.63, 3.8) is 0 Å². The van der Waals surface area contributed by atoms with Gasteiger partial charge in [0.25, 0.3) is 5.56 Å². The van der Waals surface area contributed by atoms with E-state index < -0.39 is 5.97 Å². The molecule has 7 nitrogen and oxygen atoms in total. The molecule has 106 valence electrons. The number of nitrogen functional groups attached to an aromatic ring is 1. The summed E-state index contributed by atoms with van der Waals surface area (Å²) in [5.41, 5.74) is 6.22. The number of anilines is 1. The van der Waals surface area contributed by atoms with E-state index in [0.29, 0.717) is 16.6 Å². The number of carboxylic acids is 1. The molecule has 7 heteroatoms. The Morgan fingerprint density at radius 3 is 2.38 bits per heavy atom. The smallest absolute Gasteiger partial charge is 0.337 e. The minimum atomic E-state index is -0.988. The second kappa shape index (κ2) is 6.29. The first-order valence-corrected chi connectivity index (χ1v) is 5.97. The molecule has 0 bridgehead atoms. The normalized spacial score (nSPS) is 9.71. The highest BCUT2D eigenvalue weighted by Gasteiger charge is 2.03. The van der Waals surface area contributed by atoms with Crippen LogP contribution in [0.1, 0.15) is 10.4 Å². The lowest BCUT2D eigenvalue weighted by molar-refractivity contribution is 0.0698. The lowest BCUT2D eigenvalue weighted by atomic mass is 10.2. The van der Waals surface area contributed by atoms with Crippen molar-refractivity contribution in [1.29, 1.82) is 0 Å². The number of nitrogens with zero attached hydrogens (tertiary/aromatic N) is 2. The van der Waals surface area contributed by atoms with Gasteiger partial charge in [0.05, 0.1) is 10.9 Å². The highest BCUT2D eigenvalue weighted by atomic mass is 16.4. The van der Waals surface area contributed by atoms with Crippen molar-refractivity contribution in [3.8, 4) is 0 Å². The molecule has 3 rings (SSSR count). The Labute approximate surface area is 119 Å². The summed E-state index contributed by atoms with van der Waals surface area (Å²) in [7, 11) is 0. The predicted octanol–water partition coefficient (Wildman–Crippen LogP) is 1.29. The van der Waals surface area contributed by atoms with Crippen molar-refractivity contribution in [3.05, 3.63) is 64.4 Å². The minimum Gasteiger partial charge on any atom is -0.478 e. The molecule has 0 amide bonds. The van der Waals surface area contributed by atoms with Crippen molar-refractivity contribution in [1.82, 2.24) is 15.4 Å². The summed E-state index contributed by atoms with van der Waals surface area (Å²) in [5, 5.41) is 18.5. The summed E-state index contributed by atoms with van der Waals surface area (Å²) < 4.78 is 0. The molecule has 0 fully saturated rings. The van der Waals surface area contributed by atoms with Gasteiger partial charge in [0.15, 0.2) is 0 Å². The number of fused-ring (bicyclic) bond motifs is 1. The van der Waals surface area contributed by atoms with Gasteiger partial charge in [-0.15, -0.1) is 5.10 Å². The number of rotatable bonds is 1. The maximum absolute atomic E-state index is 11.0. The van der Waals surface area contributed by atoms with E-state index in [9.17, 15) is 9.59 Å². The molecule has 2 aromatic carbocycles. The van der Waals surface area contributed by atoms with Gasteiger partial charge in [-0.25, -0.2) is 9.89 Å². The van der Waals surface area contributed by atoms with Gasteiger partial charge in [0.1, 0.15) is 5.52 Å². The molecule has 0 atom stereocenters. The first kappa shape index (κ1) is 14.2. The highest BCUT2D eigenvalue weighted by Crippen LogP contribution is 2.09. The fraction of sp³-hybridized carbons (Fsp3) is 0. The van der Waals surface area contributed by atoms with E-state index in [1.807, 2.05) is 6.07 Å². The molecule has 1 heterocycles. The number of nitrogens with two attached hydrogens (primary N) is 1. The van der Waals surface area contributed by atoms with E-state index in [0.717, 1.165) is 0 Å². The third kappa shape index (κ3) is 3.41. The number of aromatic amines is 1. The molecular weight excluding hydrogens is 272 g/mol. The first-order chi connectivity index (χ1) is 10.1. The van der Waals surface area contributed by atoms with E-state index in [-0.39, 0.29) is 11.1 Å². The number of benzene rings is 2. The van der Waals surface area contributed by atoms with Gasteiger partial charge in [-0.05, 0) is 24.3 Å². The Morgan fingerprint density at radius 2 is 1.76 bits per heavy atom. The Hall–Kier alpha value is -3.22. The molecular formula is C14H12N4O3. The molecule has 0 spiro atoms.